The van der Waals surface area contributed by atoms with Crippen molar-refractivity contribution in [2.45, 2.75) is 52.7 Å². The summed E-state index contributed by atoms with van der Waals surface area (Å²) in [4.78, 5) is 27.7. The molecule has 0 saturated carbocycles. The molecule has 7 nitrogen and oxygen atoms in total. The number of sulfonamides is 1. The van der Waals surface area contributed by atoms with Gasteiger partial charge in [-0.1, -0.05) is 53.2 Å². The van der Waals surface area contributed by atoms with Crippen molar-refractivity contribution in [3.05, 3.63) is 64.1 Å². The van der Waals surface area contributed by atoms with Crippen LogP contribution >= 0.6 is 15.9 Å². The number of anilines is 1. The number of carbonyl (C=O) groups is 2. The Labute approximate surface area is 205 Å². The molecule has 0 unspecified atom stereocenters. The molecule has 0 radical (unpaired) electrons. The largest absolute Gasteiger partial charge is 0.352 e. The fourth-order valence-corrected chi connectivity index (χ4v) is 4.31. The van der Waals surface area contributed by atoms with Gasteiger partial charge >= 0.3 is 0 Å². The molecular formula is C24H32BrN3O4S. The standard InChI is InChI=1S/C24H32BrN3O4S/c1-6-18(3)26-24(30)19(4)27(15-20-10-8-7-9-11-20)23(29)16-28(33(5,31)32)21-12-13-22(25)17(2)14-21/h7-14,18-19H,6,15-16H2,1-5H3,(H,26,30)/t18-,19+/m1/s1. The van der Waals surface area contributed by atoms with Gasteiger partial charge in [0, 0.05) is 17.1 Å². The molecule has 1 N–H and O–H groups in total. The number of halogens is 1. The zero-order chi connectivity index (χ0) is 24.8. The van der Waals surface area contributed by atoms with Gasteiger partial charge < -0.3 is 10.2 Å². The van der Waals surface area contributed by atoms with Crippen LogP contribution in [0.5, 0.6) is 0 Å². The van der Waals surface area contributed by atoms with Crippen LogP contribution in [0, 0.1) is 6.92 Å². The zero-order valence-electron chi connectivity index (χ0n) is 19.7. The average Bonchev–Trinajstić information content (AvgIpc) is 2.76. The first-order valence-corrected chi connectivity index (χ1v) is 13.5. The number of amides is 2. The molecule has 0 heterocycles. The van der Waals surface area contributed by atoms with E-state index in [9.17, 15) is 18.0 Å². The van der Waals surface area contributed by atoms with E-state index in [1.165, 1.54) is 4.90 Å². The normalized spacial score (nSPS) is 13.2. The summed E-state index contributed by atoms with van der Waals surface area (Å²) in [5, 5.41) is 2.91. The van der Waals surface area contributed by atoms with E-state index in [1.54, 1.807) is 25.1 Å². The number of nitrogens with zero attached hydrogens (tertiary/aromatic N) is 2. The van der Waals surface area contributed by atoms with Gasteiger partial charge in [-0.05, 0) is 56.5 Å². The van der Waals surface area contributed by atoms with Gasteiger partial charge in [0.05, 0.1) is 11.9 Å². The molecule has 0 aromatic heterocycles. The lowest BCUT2D eigenvalue weighted by atomic mass is 10.1. The van der Waals surface area contributed by atoms with Crippen LogP contribution < -0.4 is 9.62 Å². The third kappa shape index (κ3) is 7.57. The molecule has 33 heavy (non-hydrogen) atoms. The van der Waals surface area contributed by atoms with Gasteiger partial charge in [0.15, 0.2) is 0 Å². The summed E-state index contributed by atoms with van der Waals surface area (Å²) in [6.07, 6.45) is 1.83. The minimum atomic E-state index is -3.75. The third-order valence-corrected chi connectivity index (χ3v) is 7.50. The van der Waals surface area contributed by atoms with Crippen LogP contribution in [-0.2, 0) is 26.2 Å². The van der Waals surface area contributed by atoms with Gasteiger partial charge in [-0.3, -0.25) is 13.9 Å². The molecule has 0 aliphatic carbocycles. The van der Waals surface area contributed by atoms with Crippen molar-refractivity contribution in [1.29, 1.82) is 0 Å². The SMILES string of the molecule is CC[C@@H](C)NC(=O)[C@H](C)N(Cc1ccccc1)C(=O)CN(c1ccc(Br)c(C)c1)S(C)(=O)=O. The minimum Gasteiger partial charge on any atom is -0.352 e. The Hall–Kier alpha value is -2.39. The maximum atomic E-state index is 13.5. The Morgan fingerprint density at radius 3 is 2.27 bits per heavy atom. The molecule has 9 heteroatoms. The molecule has 2 aromatic carbocycles. The molecule has 2 atom stereocenters. The van der Waals surface area contributed by atoms with Crippen LogP contribution in [0.15, 0.2) is 53.0 Å². The first-order chi connectivity index (χ1) is 15.4. The summed E-state index contributed by atoms with van der Waals surface area (Å²) in [6.45, 7) is 7.15. The molecule has 2 aromatic rings. The number of benzene rings is 2. The minimum absolute atomic E-state index is 0.0353. The summed E-state index contributed by atoms with van der Waals surface area (Å²) in [5.74, 6) is -0.740. The van der Waals surface area contributed by atoms with Crippen molar-refractivity contribution in [2.75, 3.05) is 17.1 Å². The number of aryl methyl sites for hydroxylation is 1. The first-order valence-electron chi connectivity index (χ1n) is 10.8. The highest BCUT2D eigenvalue weighted by Gasteiger charge is 2.30. The number of rotatable bonds is 10. The second kappa shape index (κ2) is 11.7. The number of hydrogen-bond acceptors (Lipinski definition) is 4. The molecule has 0 bridgehead atoms. The smallest absolute Gasteiger partial charge is 0.244 e. The molecule has 180 valence electrons. The Bertz CT molecular complexity index is 1080. The molecule has 0 spiro atoms. The fourth-order valence-electron chi connectivity index (χ4n) is 3.23. The van der Waals surface area contributed by atoms with Gasteiger partial charge in [0.25, 0.3) is 0 Å². The predicted octanol–water partition coefficient (Wildman–Crippen LogP) is 3.86. The van der Waals surface area contributed by atoms with Crippen molar-refractivity contribution < 1.29 is 18.0 Å². The van der Waals surface area contributed by atoms with Crippen LogP contribution in [0.1, 0.15) is 38.3 Å². The number of carbonyl (C=O) groups excluding carboxylic acids is 2. The van der Waals surface area contributed by atoms with Gasteiger partial charge in [0.2, 0.25) is 21.8 Å². The molecule has 0 fully saturated rings. The molecule has 0 aliphatic rings. The fraction of sp³-hybridized carbons (Fsp3) is 0.417. The van der Waals surface area contributed by atoms with Crippen molar-refractivity contribution in [3.63, 3.8) is 0 Å². The summed E-state index contributed by atoms with van der Waals surface area (Å²) in [6, 6.07) is 13.6. The Kier molecular flexibility index (Phi) is 9.48. The average molecular weight is 539 g/mol. The Morgan fingerprint density at radius 2 is 1.73 bits per heavy atom. The summed E-state index contributed by atoms with van der Waals surface area (Å²) >= 11 is 3.41. The van der Waals surface area contributed by atoms with Crippen LogP contribution in [-0.4, -0.2) is 50.0 Å². The van der Waals surface area contributed by atoms with E-state index < -0.39 is 28.5 Å². The molecule has 0 saturated heterocycles. The third-order valence-electron chi connectivity index (χ3n) is 5.47. The van der Waals surface area contributed by atoms with Gasteiger partial charge in [-0.25, -0.2) is 8.42 Å². The highest BCUT2D eigenvalue weighted by atomic mass is 79.9. The molecule has 2 amide bonds. The highest BCUT2D eigenvalue weighted by molar-refractivity contribution is 9.10. The topological polar surface area (TPSA) is 86.8 Å². The van der Waals surface area contributed by atoms with Crippen LogP contribution in [0.3, 0.4) is 0 Å². The van der Waals surface area contributed by atoms with Crippen molar-refractivity contribution in [2.24, 2.45) is 0 Å². The summed E-state index contributed by atoms with van der Waals surface area (Å²) < 4.78 is 27.1. The second-order valence-corrected chi connectivity index (χ2v) is 11.0. The zero-order valence-corrected chi connectivity index (χ0v) is 22.1. The van der Waals surface area contributed by atoms with E-state index in [-0.39, 0.29) is 18.5 Å². The van der Waals surface area contributed by atoms with Crippen molar-refractivity contribution in [1.82, 2.24) is 10.2 Å². The lowest BCUT2D eigenvalue weighted by molar-refractivity contribution is -0.139. The quantitative estimate of drug-likeness (QED) is 0.498. The molecule has 0 aliphatic heterocycles. The van der Waals surface area contributed by atoms with E-state index >= 15 is 0 Å². The van der Waals surface area contributed by atoms with Gasteiger partial charge in [0.1, 0.15) is 12.6 Å². The molecular weight excluding hydrogens is 506 g/mol. The van der Waals surface area contributed by atoms with Crippen LogP contribution in [0.4, 0.5) is 5.69 Å². The van der Waals surface area contributed by atoms with Crippen LogP contribution in [0.25, 0.3) is 0 Å². The summed E-state index contributed by atoms with van der Waals surface area (Å²) in [5.41, 5.74) is 2.08. The number of hydrogen-bond donors (Lipinski definition) is 1. The monoisotopic (exact) mass is 537 g/mol. The lowest BCUT2D eigenvalue weighted by Gasteiger charge is -2.32. The van der Waals surface area contributed by atoms with Gasteiger partial charge in [-0.15, -0.1) is 0 Å². The predicted molar refractivity (Wildman–Crippen MR) is 135 cm³/mol. The first kappa shape index (κ1) is 26.9. The second-order valence-electron chi connectivity index (χ2n) is 8.20. The van der Waals surface area contributed by atoms with E-state index in [0.717, 1.165) is 32.6 Å². The van der Waals surface area contributed by atoms with Crippen LogP contribution in [0.2, 0.25) is 0 Å². The van der Waals surface area contributed by atoms with E-state index in [0.29, 0.717) is 5.69 Å². The summed E-state index contributed by atoms with van der Waals surface area (Å²) in [7, 11) is -3.75. The van der Waals surface area contributed by atoms with E-state index in [2.05, 4.69) is 21.2 Å². The van der Waals surface area contributed by atoms with Crippen molar-refractivity contribution in [3.8, 4) is 0 Å². The van der Waals surface area contributed by atoms with Crippen molar-refractivity contribution >= 4 is 43.5 Å². The highest BCUT2D eigenvalue weighted by Crippen LogP contribution is 2.25. The lowest BCUT2D eigenvalue weighted by Crippen LogP contribution is -2.52. The Morgan fingerprint density at radius 1 is 1.09 bits per heavy atom. The molecule has 2 rings (SSSR count). The van der Waals surface area contributed by atoms with E-state index in [4.69, 9.17) is 0 Å². The van der Waals surface area contributed by atoms with Gasteiger partial charge in [-0.2, -0.15) is 0 Å². The Balaban J connectivity index is 2.38. The number of nitrogens with one attached hydrogen (secondary N) is 1. The maximum absolute atomic E-state index is 13.5. The maximum Gasteiger partial charge on any atom is 0.244 e. The van der Waals surface area contributed by atoms with E-state index in [1.807, 2.05) is 51.1 Å².